The van der Waals surface area contributed by atoms with Gasteiger partial charge in [-0.25, -0.2) is 8.42 Å². The van der Waals surface area contributed by atoms with Gasteiger partial charge in [0.2, 0.25) is 18.3 Å². The van der Waals surface area contributed by atoms with Gasteiger partial charge < -0.3 is 4.43 Å². The van der Waals surface area contributed by atoms with Crippen LogP contribution in [-0.4, -0.2) is 50.8 Å². The van der Waals surface area contributed by atoms with E-state index in [1.54, 1.807) is 12.1 Å². The Balaban J connectivity index is 2.40. The maximum atomic E-state index is 12.2. The predicted octanol–water partition coefficient (Wildman–Crippen LogP) is 2.91. The van der Waals surface area contributed by atoms with Crippen LogP contribution in [-0.2, 0) is 24.3 Å². The molecule has 0 aliphatic carbocycles. The highest BCUT2D eigenvalue weighted by atomic mass is 32.2. The summed E-state index contributed by atoms with van der Waals surface area (Å²) in [6, 6.07) is 5.36. The highest BCUT2D eigenvalue weighted by Gasteiger charge is 2.40. The molecule has 1 aromatic rings. The molecule has 0 spiro atoms. The molecule has 1 heterocycles. The van der Waals surface area contributed by atoms with Crippen LogP contribution in [0.25, 0.3) is 0 Å². The largest absolute Gasteiger partial charge is 0.543 e. The fraction of sp³-hybridized carbons (Fsp3) is 0.647. The summed E-state index contributed by atoms with van der Waals surface area (Å²) in [5, 5.41) is 0.00833. The highest BCUT2D eigenvalue weighted by Crippen LogP contribution is 2.42. The summed E-state index contributed by atoms with van der Waals surface area (Å²) < 4.78 is 59.6. The lowest BCUT2D eigenvalue weighted by Crippen LogP contribution is -2.43. The molecule has 10 heteroatoms. The lowest BCUT2D eigenvalue weighted by Gasteiger charge is -2.36. The van der Waals surface area contributed by atoms with Gasteiger partial charge in [-0.3, -0.25) is 8.49 Å². The molecule has 0 saturated carbocycles. The first-order valence-electron chi connectivity index (χ1n) is 8.66. The van der Waals surface area contributed by atoms with Crippen LogP contribution in [0.2, 0.25) is 18.1 Å². The van der Waals surface area contributed by atoms with Crippen LogP contribution in [0.4, 0.5) is 5.69 Å². The summed E-state index contributed by atoms with van der Waals surface area (Å²) in [6.07, 6.45) is 2.12. The van der Waals surface area contributed by atoms with Crippen LogP contribution >= 0.6 is 0 Å². The van der Waals surface area contributed by atoms with Gasteiger partial charge in [0, 0.05) is 18.5 Å². The minimum absolute atomic E-state index is 0.00833. The first-order chi connectivity index (χ1) is 12.0. The van der Waals surface area contributed by atoms with Crippen LogP contribution in [0.1, 0.15) is 32.3 Å². The Kier molecular flexibility index (Phi) is 5.80. The molecule has 0 bridgehead atoms. The van der Waals surface area contributed by atoms with Gasteiger partial charge in [0.15, 0.2) is 0 Å². The van der Waals surface area contributed by atoms with E-state index in [2.05, 4.69) is 33.9 Å². The highest BCUT2D eigenvalue weighted by molar-refractivity contribution is 7.92. The van der Waals surface area contributed by atoms with Gasteiger partial charge in [0.25, 0.3) is 10.1 Å². The number of benzene rings is 1. The standard InChI is InChI=1S/C17H29NO6S2Si/c1-17(2,3)27(6,7)24-14-8-9-15-13(12-23-26(5,21)22)11-18(16(15)10-14)25(4,19)20/h8-10,13H,11-12H2,1-7H3. The number of sulfonamides is 1. The summed E-state index contributed by atoms with van der Waals surface area (Å²) in [4.78, 5) is 0. The third-order valence-electron chi connectivity index (χ3n) is 5.16. The molecule has 7 nitrogen and oxygen atoms in total. The summed E-state index contributed by atoms with van der Waals surface area (Å²) >= 11 is 0. The van der Waals surface area contributed by atoms with Gasteiger partial charge in [-0.1, -0.05) is 26.8 Å². The Labute approximate surface area is 164 Å². The van der Waals surface area contributed by atoms with Gasteiger partial charge in [-0.05, 0) is 29.8 Å². The molecule has 1 aliphatic rings. The SMILES string of the molecule is CC(C)(C)[Si](C)(C)Oc1ccc2c(c1)N(S(C)(=O)=O)CC2COS(C)(=O)=O. The summed E-state index contributed by atoms with van der Waals surface area (Å²) in [6.45, 7) is 10.7. The Hall–Kier alpha value is -1.10. The van der Waals surface area contributed by atoms with E-state index in [9.17, 15) is 16.8 Å². The first-order valence-corrected chi connectivity index (χ1v) is 15.2. The monoisotopic (exact) mass is 435 g/mol. The normalized spacial score (nSPS) is 18.5. The van der Waals surface area contributed by atoms with Crippen molar-refractivity contribution in [3.05, 3.63) is 23.8 Å². The van der Waals surface area contributed by atoms with Crippen molar-refractivity contribution in [2.24, 2.45) is 0 Å². The molecule has 1 aliphatic heterocycles. The Bertz CT molecular complexity index is 919. The molecule has 0 amide bonds. The summed E-state index contributed by atoms with van der Waals surface area (Å²) in [5.74, 6) is 0.269. The van der Waals surface area contributed by atoms with Gasteiger partial charge in [-0.2, -0.15) is 8.42 Å². The van der Waals surface area contributed by atoms with E-state index in [0.717, 1.165) is 18.1 Å². The minimum atomic E-state index is -3.60. The number of fused-ring (bicyclic) bond motifs is 1. The van der Waals surface area contributed by atoms with Crippen LogP contribution in [0, 0.1) is 0 Å². The molecule has 0 fully saturated rings. The van der Waals surface area contributed by atoms with Crippen molar-refractivity contribution in [1.29, 1.82) is 0 Å². The summed E-state index contributed by atoms with van der Waals surface area (Å²) in [5.41, 5.74) is 1.27. The molecule has 1 atom stereocenters. The van der Waals surface area contributed by atoms with Gasteiger partial charge in [0.1, 0.15) is 5.75 Å². The average molecular weight is 436 g/mol. The molecule has 0 aromatic heterocycles. The average Bonchev–Trinajstić information content (AvgIpc) is 2.80. The van der Waals surface area contributed by atoms with Crippen molar-refractivity contribution in [2.45, 2.75) is 44.8 Å². The quantitative estimate of drug-likeness (QED) is 0.504. The van der Waals surface area contributed by atoms with E-state index in [4.69, 9.17) is 8.61 Å². The summed E-state index contributed by atoms with van der Waals surface area (Å²) in [7, 11) is -9.19. The number of nitrogens with zero attached hydrogens (tertiary/aromatic N) is 1. The predicted molar refractivity (Wildman–Crippen MR) is 110 cm³/mol. The van der Waals surface area contributed by atoms with E-state index in [-0.39, 0.29) is 24.1 Å². The lowest BCUT2D eigenvalue weighted by molar-refractivity contribution is 0.300. The molecule has 0 saturated heterocycles. The van der Waals surface area contributed by atoms with E-state index >= 15 is 0 Å². The molecule has 2 rings (SSSR count). The van der Waals surface area contributed by atoms with Crippen LogP contribution in [0.15, 0.2) is 18.2 Å². The second kappa shape index (κ2) is 7.05. The van der Waals surface area contributed by atoms with E-state index < -0.39 is 28.5 Å². The zero-order valence-corrected chi connectivity index (χ0v) is 19.6. The fourth-order valence-electron chi connectivity index (χ4n) is 2.66. The molecule has 1 unspecified atom stereocenters. The van der Waals surface area contributed by atoms with E-state index in [1.165, 1.54) is 4.31 Å². The topological polar surface area (TPSA) is 90.0 Å². The maximum absolute atomic E-state index is 12.2. The van der Waals surface area contributed by atoms with Gasteiger partial charge in [0.05, 0.1) is 24.8 Å². The Morgan fingerprint density at radius 2 is 1.74 bits per heavy atom. The number of rotatable bonds is 6. The van der Waals surface area contributed by atoms with Crippen molar-refractivity contribution in [2.75, 3.05) is 30.0 Å². The van der Waals surface area contributed by atoms with E-state index in [0.29, 0.717) is 11.4 Å². The van der Waals surface area contributed by atoms with Crippen LogP contribution in [0.5, 0.6) is 5.75 Å². The van der Waals surface area contributed by atoms with Crippen molar-refractivity contribution >= 4 is 34.1 Å². The Morgan fingerprint density at radius 1 is 1.15 bits per heavy atom. The van der Waals surface area contributed by atoms with Gasteiger partial charge in [-0.15, -0.1) is 0 Å². The molecular formula is C17H29NO6S2Si. The fourth-order valence-corrected chi connectivity index (χ4v) is 5.06. The third kappa shape index (κ3) is 5.24. The van der Waals surface area contributed by atoms with Gasteiger partial charge >= 0.3 is 0 Å². The molecule has 0 N–H and O–H groups in total. The zero-order valence-electron chi connectivity index (χ0n) is 16.9. The smallest absolute Gasteiger partial charge is 0.264 e. The van der Waals surface area contributed by atoms with Crippen molar-refractivity contribution in [1.82, 2.24) is 0 Å². The van der Waals surface area contributed by atoms with Crippen molar-refractivity contribution in [3.63, 3.8) is 0 Å². The minimum Gasteiger partial charge on any atom is -0.543 e. The zero-order chi connectivity index (χ0) is 20.8. The molecule has 0 radical (unpaired) electrons. The second-order valence-corrected chi connectivity index (χ2v) is 16.8. The third-order valence-corrected chi connectivity index (χ3v) is 11.2. The molecule has 154 valence electrons. The van der Waals surface area contributed by atoms with E-state index in [1.807, 2.05) is 6.07 Å². The molecule has 1 aromatic carbocycles. The van der Waals surface area contributed by atoms with Crippen LogP contribution < -0.4 is 8.73 Å². The molecule has 27 heavy (non-hydrogen) atoms. The molecular weight excluding hydrogens is 406 g/mol. The number of hydrogen-bond acceptors (Lipinski definition) is 6. The van der Waals surface area contributed by atoms with Crippen molar-refractivity contribution < 1.29 is 25.4 Å². The first kappa shape index (κ1) is 22.2. The van der Waals surface area contributed by atoms with Crippen LogP contribution in [0.3, 0.4) is 0 Å². The maximum Gasteiger partial charge on any atom is 0.264 e. The number of anilines is 1. The van der Waals surface area contributed by atoms with Crippen molar-refractivity contribution in [3.8, 4) is 5.75 Å². The lowest BCUT2D eigenvalue weighted by atomic mass is 10.0. The Morgan fingerprint density at radius 3 is 2.22 bits per heavy atom. The second-order valence-electron chi connectivity index (χ2n) is 8.56. The number of hydrogen-bond donors (Lipinski definition) is 0.